The Morgan fingerprint density at radius 2 is 1.70 bits per heavy atom. The number of benzene rings is 1. The molecular weight excluding hydrogens is 312 g/mol. The molecule has 0 saturated carbocycles. The third-order valence-corrected chi connectivity index (χ3v) is 5.12. The molecule has 2 aromatic rings. The van der Waals surface area contributed by atoms with Gasteiger partial charge in [-0.25, -0.2) is 5.14 Å². The second kappa shape index (κ2) is 6.76. The van der Waals surface area contributed by atoms with E-state index >= 15 is 0 Å². The van der Waals surface area contributed by atoms with Crippen molar-refractivity contribution >= 4 is 10.2 Å². The first-order valence-corrected chi connectivity index (χ1v) is 9.02. The second-order valence-electron chi connectivity index (χ2n) is 5.66. The minimum atomic E-state index is -3.56. The van der Waals surface area contributed by atoms with Gasteiger partial charge in [0.15, 0.2) is 0 Å². The van der Waals surface area contributed by atoms with Crippen LogP contribution in [-0.4, -0.2) is 48.8 Å². The van der Waals surface area contributed by atoms with Gasteiger partial charge in [0.05, 0.1) is 0 Å². The van der Waals surface area contributed by atoms with Crippen LogP contribution in [0.25, 0.3) is 11.1 Å². The van der Waals surface area contributed by atoms with Gasteiger partial charge in [0.2, 0.25) is 0 Å². The molecule has 2 N–H and O–H groups in total. The number of hydrogen-bond acceptors (Lipinski definition) is 4. The van der Waals surface area contributed by atoms with Crippen LogP contribution in [0.4, 0.5) is 0 Å². The topological polar surface area (TPSA) is 79.5 Å². The van der Waals surface area contributed by atoms with E-state index in [1.807, 2.05) is 18.2 Å². The van der Waals surface area contributed by atoms with Crippen molar-refractivity contribution in [3.63, 3.8) is 0 Å². The van der Waals surface area contributed by atoms with Gasteiger partial charge in [0.25, 0.3) is 10.2 Å². The van der Waals surface area contributed by atoms with E-state index in [4.69, 9.17) is 5.14 Å². The molecule has 0 spiro atoms. The summed E-state index contributed by atoms with van der Waals surface area (Å²) in [4.78, 5) is 6.29. The largest absolute Gasteiger partial charge is 0.296 e. The van der Waals surface area contributed by atoms with Gasteiger partial charge in [-0.05, 0) is 34.9 Å². The minimum Gasteiger partial charge on any atom is -0.296 e. The van der Waals surface area contributed by atoms with Gasteiger partial charge in [-0.3, -0.25) is 9.88 Å². The van der Waals surface area contributed by atoms with E-state index in [2.05, 4.69) is 28.1 Å². The molecule has 1 aliphatic heterocycles. The molecule has 1 aromatic heterocycles. The highest BCUT2D eigenvalue weighted by Gasteiger charge is 2.23. The van der Waals surface area contributed by atoms with E-state index in [1.165, 1.54) is 9.87 Å². The lowest BCUT2D eigenvalue weighted by Crippen LogP contribution is -2.50. The first kappa shape index (κ1) is 16.1. The molecule has 2 heterocycles. The van der Waals surface area contributed by atoms with Crippen LogP contribution in [0.2, 0.25) is 0 Å². The molecule has 0 bridgehead atoms. The zero-order valence-electron chi connectivity index (χ0n) is 12.8. The van der Waals surface area contributed by atoms with Gasteiger partial charge in [-0.1, -0.05) is 18.2 Å². The summed E-state index contributed by atoms with van der Waals surface area (Å²) in [6.07, 6.45) is 3.57. The Labute approximate surface area is 136 Å². The second-order valence-corrected chi connectivity index (χ2v) is 7.20. The number of pyridine rings is 1. The summed E-state index contributed by atoms with van der Waals surface area (Å²) in [6, 6.07) is 12.4. The van der Waals surface area contributed by atoms with E-state index in [1.54, 1.807) is 12.4 Å². The van der Waals surface area contributed by atoms with Gasteiger partial charge in [0.1, 0.15) is 0 Å². The van der Waals surface area contributed by atoms with Crippen LogP contribution in [0.3, 0.4) is 0 Å². The van der Waals surface area contributed by atoms with Crippen molar-refractivity contribution in [3.05, 3.63) is 54.4 Å². The molecule has 0 aliphatic carbocycles. The normalized spacial score (nSPS) is 17.3. The molecular formula is C16H20N4O2S. The summed E-state index contributed by atoms with van der Waals surface area (Å²) in [5.74, 6) is 0. The minimum absolute atomic E-state index is 0.447. The molecule has 3 rings (SSSR count). The number of aromatic nitrogens is 1. The van der Waals surface area contributed by atoms with Crippen molar-refractivity contribution in [1.29, 1.82) is 0 Å². The summed E-state index contributed by atoms with van der Waals surface area (Å²) >= 11 is 0. The SMILES string of the molecule is NS(=O)(=O)N1CCN(Cc2cccc(-c3ccncc3)c2)CC1. The first-order chi connectivity index (χ1) is 11.0. The number of piperazine rings is 1. The van der Waals surface area contributed by atoms with Crippen LogP contribution in [-0.2, 0) is 16.8 Å². The lowest BCUT2D eigenvalue weighted by atomic mass is 10.0. The molecule has 7 heteroatoms. The number of hydrogen-bond donors (Lipinski definition) is 1. The van der Waals surface area contributed by atoms with Gasteiger partial charge in [-0.15, -0.1) is 0 Å². The van der Waals surface area contributed by atoms with Crippen LogP contribution in [0, 0.1) is 0 Å². The van der Waals surface area contributed by atoms with E-state index in [0.717, 1.165) is 17.7 Å². The summed E-state index contributed by atoms with van der Waals surface area (Å²) in [7, 11) is -3.56. The Bertz CT molecular complexity index is 757. The average Bonchev–Trinajstić information content (AvgIpc) is 2.56. The van der Waals surface area contributed by atoms with Crippen LogP contribution >= 0.6 is 0 Å². The monoisotopic (exact) mass is 332 g/mol. The van der Waals surface area contributed by atoms with Crippen LogP contribution in [0.15, 0.2) is 48.8 Å². The summed E-state index contributed by atoms with van der Waals surface area (Å²) < 4.78 is 24.0. The standard InChI is InChI=1S/C16H20N4O2S/c17-23(21,22)20-10-8-19(9-11-20)13-14-2-1-3-16(12-14)15-4-6-18-7-5-15/h1-7,12H,8-11,13H2,(H2,17,21,22). The maximum Gasteiger partial charge on any atom is 0.276 e. The van der Waals surface area contributed by atoms with Gasteiger partial charge in [0, 0.05) is 45.1 Å². The van der Waals surface area contributed by atoms with Crippen LogP contribution in [0.5, 0.6) is 0 Å². The Balaban J connectivity index is 1.66. The summed E-state index contributed by atoms with van der Waals surface area (Å²) in [5, 5.41) is 5.17. The molecule has 1 aromatic carbocycles. The van der Waals surface area contributed by atoms with Crippen molar-refractivity contribution in [2.24, 2.45) is 5.14 Å². The molecule has 6 nitrogen and oxygen atoms in total. The predicted octanol–water partition coefficient (Wildman–Crippen LogP) is 1.07. The first-order valence-electron chi connectivity index (χ1n) is 7.52. The van der Waals surface area contributed by atoms with E-state index in [0.29, 0.717) is 26.2 Å². The maximum absolute atomic E-state index is 11.3. The molecule has 0 radical (unpaired) electrons. The van der Waals surface area contributed by atoms with Gasteiger partial charge in [-0.2, -0.15) is 12.7 Å². The fraction of sp³-hybridized carbons (Fsp3) is 0.312. The van der Waals surface area contributed by atoms with E-state index in [9.17, 15) is 8.42 Å². The summed E-state index contributed by atoms with van der Waals surface area (Å²) in [6.45, 7) is 3.08. The fourth-order valence-electron chi connectivity index (χ4n) is 2.79. The zero-order valence-corrected chi connectivity index (χ0v) is 13.6. The lowest BCUT2D eigenvalue weighted by Gasteiger charge is -2.32. The molecule has 0 amide bonds. The van der Waals surface area contributed by atoms with Crippen molar-refractivity contribution < 1.29 is 8.42 Å². The van der Waals surface area contributed by atoms with E-state index in [-0.39, 0.29) is 0 Å². The highest BCUT2D eigenvalue weighted by molar-refractivity contribution is 7.86. The number of nitrogens with two attached hydrogens (primary N) is 1. The highest BCUT2D eigenvalue weighted by Crippen LogP contribution is 2.20. The smallest absolute Gasteiger partial charge is 0.276 e. The third kappa shape index (κ3) is 4.14. The maximum atomic E-state index is 11.3. The van der Waals surface area contributed by atoms with Crippen molar-refractivity contribution in [2.45, 2.75) is 6.54 Å². The molecule has 122 valence electrons. The Morgan fingerprint density at radius 3 is 2.35 bits per heavy atom. The zero-order chi connectivity index (χ0) is 16.3. The summed E-state index contributed by atoms with van der Waals surface area (Å²) in [5.41, 5.74) is 3.51. The van der Waals surface area contributed by atoms with Crippen molar-refractivity contribution in [3.8, 4) is 11.1 Å². The quantitative estimate of drug-likeness (QED) is 0.908. The van der Waals surface area contributed by atoms with Gasteiger partial charge < -0.3 is 0 Å². The lowest BCUT2D eigenvalue weighted by molar-refractivity contribution is 0.181. The Hall–Kier alpha value is -1.80. The van der Waals surface area contributed by atoms with E-state index < -0.39 is 10.2 Å². The Kier molecular flexibility index (Phi) is 4.72. The number of rotatable bonds is 4. The highest BCUT2D eigenvalue weighted by atomic mass is 32.2. The molecule has 1 saturated heterocycles. The third-order valence-electron chi connectivity index (χ3n) is 4.04. The van der Waals surface area contributed by atoms with Crippen molar-refractivity contribution in [1.82, 2.24) is 14.2 Å². The molecule has 0 atom stereocenters. The predicted molar refractivity (Wildman–Crippen MR) is 89.6 cm³/mol. The van der Waals surface area contributed by atoms with Gasteiger partial charge >= 0.3 is 0 Å². The fourth-order valence-corrected chi connectivity index (χ4v) is 3.47. The molecule has 1 aliphatic rings. The van der Waals surface area contributed by atoms with Crippen molar-refractivity contribution in [2.75, 3.05) is 26.2 Å². The number of nitrogens with zero attached hydrogens (tertiary/aromatic N) is 3. The molecule has 23 heavy (non-hydrogen) atoms. The average molecular weight is 332 g/mol. The van der Waals surface area contributed by atoms with Crippen LogP contribution in [0.1, 0.15) is 5.56 Å². The Morgan fingerprint density at radius 1 is 1.00 bits per heavy atom. The molecule has 0 unspecified atom stereocenters. The van der Waals surface area contributed by atoms with Crippen LogP contribution < -0.4 is 5.14 Å². The molecule has 1 fully saturated rings.